The summed E-state index contributed by atoms with van der Waals surface area (Å²) in [7, 11) is 1.36. The molecule has 27 heavy (non-hydrogen) atoms. The number of hydrogen-bond acceptors (Lipinski definition) is 4. The van der Waals surface area contributed by atoms with Crippen molar-refractivity contribution in [1.29, 1.82) is 0 Å². The van der Waals surface area contributed by atoms with E-state index >= 15 is 0 Å². The predicted octanol–water partition coefficient (Wildman–Crippen LogP) is 4.14. The number of carbonyl (C=O) groups is 2. The average Bonchev–Trinajstić information content (AvgIpc) is 3.36. The van der Waals surface area contributed by atoms with Crippen molar-refractivity contribution in [3.63, 3.8) is 0 Å². The summed E-state index contributed by atoms with van der Waals surface area (Å²) in [5.41, 5.74) is 3.38. The summed E-state index contributed by atoms with van der Waals surface area (Å²) >= 11 is 1.37. The Bertz CT molecular complexity index is 1020. The molecule has 1 amide bonds. The van der Waals surface area contributed by atoms with Gasteiger partial charge < -0.3 is 9.64 Å². The van der Waals surface area contributed by atoms with E-state index in [4.69, 9.17) is 4.74 Å². The van der Waals surface area contributed by atoms with E-state index in [0.29, 0.717) is 22.8 Å². The lowest BCUT2D eigenvalue weighted by molar-refractivity contribution is 0.0600. The highest BCUT2D eigenvalue weighted by Crippen LogP contribution is 2.29. The van der Waals surface area contributed by atoms with Crippen LogP contribution in [0.2, 0.25) is 0 Å². The number of benzene rings is 2. The fourth-order valence-electron chi connectivity index (χ4n) is 3.05. The summed E-state index contributed by atoms with van der Waals surface area (Å²) in [4.78, 5) is 31.2. The van der Waals surface area contributed by atoms with Gasteiger partial charge in [0, 0.05) is 11.3 Å². The number of nitrogens with zero attached hydrogens (tertiary/aromatic N) is 2. The van der Waals surface area contributed by atoms with Crippen molar-refractivity contribution in [2.45, 2.75) is 6.54 Å². The molecule has 0 saturated heterocycles. The minimum Gasteiger partial charge on any atom is -0.465 e. The zero-order valence-corrected chi connectivity index (χ0v) is 15.4. The first kappa shape index (κ1) is 17.2. The number of ether oxygens (including phenoxy) is 1. The molecule has 6 heteroatoms. The summed E-state index contributed by atoms with van der Waals surface area (Å²) in [5, 5.41) is 1.86. The van der Waals surface area contributed by atoms with E-state index in [1.807, 2.05) is 52.7 Å². The Hall–Kier alpha value is -3.25. The molecule has 1 aromatic heterocycles. The van der Waals surface area contributed by atoms with Crippen LogP contribution in [0.4, 0.5) is 5.69 Å². The smallest absolute Gasteiger partial charge is 0.337 e. The molecule has 0 atom stereocenters. The van der Waals surface area contributed by atoms with Crippen LogP contribution in [0.1, 0.15) is 31.2 Å². The highest BCUT2D eigenvalue weighted by Gasteiger charge is 2.27. The first-order valence-corrected chi connectivity index (χ1v) is 9.26. The second-order valence-electron chi connectivity index (χ2n) is 6.00. The van der Waals surface area contributed by atoms with Crippen molar-refractivity contribution in [3.8, 4) is 0 Å². The molecule has 5 nitrogen and oxygen atoms in total. The van der Waals surface area contributed by atoms with Crippen molar-refractivity contribution in [1.82, 2.24) is 0 Å². The van der Waals surface area contributed by atoms with Crippen LogP contribution in [0.5, 0.6) is 0 Å². The summed E-state index contributed by atoms with van der Waals surface area (Å²) < 4.78 is 4.75. The van der Waals surface area contributed by atoms with Crippen molar-refractivity contribution in [2.75, 3.05) is 12.0 Å². The maximum absolute atomic E-state index is 12.6. The van der Waals surface area contributed by atoms with Crippen molar-refractivity contribution < 1.29 is 14.3 Å². The van der Waals surface area contributed by atoms with Crippen LogP contribution < -0.4 is 4.90 Å². The molecule has 2 heterocycles. The minimum atomic E-state index is -0.381. The van der Waals surface area contributed by atoms with Gasteiger partial charge in [0.25, 0.3) is 5.91 Å². The number of rotatable bonds is 3. The molecule has 0 unspecified atom stereocenters. The monoisotopic (exact) mass is 376 g/mol. The molecule has 1 aliphatic heterocycles. The molecule has 0 spiro atoms. The fraction of sp³-hybridized carbons (Fsp3) is 0.0952. The number of carbonyl (C=O) groups excluding carboxylic acids is 2. The first-order valence-electron chi connectivity index (χ1n) is 8.38. The van der Waals surface area contributed by atoms with Gasteiger partial charge in [0.15, 0.2) is 0 Å². The third-order valence-corrected chi connectivity index (χ3v) is 5.24. The van der Waals surface area contributed by atoms with E-state index in [-0.39, 0.29) is 11.9 Å². The van der Waals surface area contributed by atoms with E-state index in [9.17, 15) is 9.59 Å². The Kier molecular flexibility index (Phi) is 4.56. The molecule has 0 N–H and O–H groups in total. The van der Waals surface area contributed by atoms with E-state index in [1.165, 1.54) is 18.4 Å². The van der Waals surface area contributed by atoms with Gasteiger partial charge in [0.1, 0.15) is 5.84 Å². The molecule has 2 aromatic carbocycles. The van der Waals surface area contributed by atoms with E-state index < -0.39 is 0 Å². The van der Waals surface area contributed by atoms with Crippen LogP contribution in [0.15, 0.2) is 71.0 Å². The third-order valence-electron chi connectivity index (χ3n) is 4.38. The predicted molar refractivity (Wildman–Crippen MR) is 106 cm³/mol. The summed E-state index contributed by atoms with van der Waals surface area (Å²) in [5.74, 6) is -0.0178. The molecule has 0 aliphatic carbocycles. The van der Waals surface area contributed by atoms with Crippen molar-refractivity contribution in [2.24, 2.45) is 4.99 Å². The van der Waals surface area contributed by atoms with Gasteiger partial charge in [-0.2, -0.15) is 4.99 Å². The van der Waals surface area contributed by atoms with Gasteiger partial charge in [-0.25, -0.2) is 4.79 Å². The Morgan fingerprint density at radius 2 is 1.81 bits per heavy atom. The molecule has 0 bridgehead atoms. The molecular formula is C21H16N2O3S. The number of hydrogen-bond donors (Lipinski definition) is 0. The topological polar surface area (TPSA) is 59.0 Å². The minimum absolute atomic E-state index is 0.257. The SMILES string of the molecule is COC(=O)c1ccc(N2Cc3ccccc3C2=NC(=O)c2cccs2)cc1. The first-order chi connectivity index (χ1) is 13.2. The van der Waals surface area contributed by atoms with Gasteiger partial charge in [-0.15, -0.1) is 11.3 Å². The lowest BCUT2D eigenvalue weighted by atomic mass is 10.1. The Morgan fingerprint density at radius 1 is 1.04 bits per heavy atom. The largest absolute Gasteiger partial charge is 0.465 e. The molecule has 1 aliphatic rings. The second-order valence-corrected chi connectivity index (χ2v) is 6.95. The van der Waals surface area contributed by atoms with Crippen LogP contribution in [0, 0.1) is 0 Å². The molecule has 134 valence electrons. The number of esters is 1. The quantitative estimate of drug-likeness (QED) is 0.645. The van der Waals surface area contributed by atoms with Gasteiger partial charge in [0.05, 0.1) is 24.1 Å². The number of anilines is 1. The van der Waals surface area contributed by atoms with Gasteiger partial charge in [-0.05, 0) is 41.3 Å². The average molecular weight is 376 g/mol. The third kappa shape index (κ3) is 3.27. The zero-order chi connectivity index (χ0) is 18.8. The van der Waals surface area contributed by atoms with Crippen molar-refractivity contribution in [3.05, 3.63) is 87.6 Å². The molecule has 0 saturated carbocycles. The number of aliphatic imine (C=N–C) groups is 1. The Morgan fingerprint density at radius 3 is 2.52 bits per heavy atom. The Balaban J connectivity index is 1.73. The number of fused-ring (bicyclic) bond motifs is 1. The molecule has 0 radical (unpaired) electrons. The molecule has 3 aromatic rings. The molecule has 0 fully saturated rings. The van der Waals surface area contributed by atoms with E-state index in [0.717, 1.165) is 16.8 Å². The van der Waals surface area contributed by atoms with E-state index in [1.54, 1.807) is 18.2 Å². The number of amidine groups is 1. The van der Waals surface area contributed by atoms with Crippen LogP contribution >= 0.6 is 11.3 Å². The fourth-order valence-corrected chi connectivity index (χ4v) is 3.66. The molecule has 4 rings (SSSR count). The lowest BCUT2D eigenvalue weighted by Gasteiger charge is -2.19. The molecular weight excluding hydrogens is 360 g/mol. The lowest BCUT2D eigenvalue weighted by Crippen LogP contribution is -2.25. The van der Waals surface area contributed by atoms with Crippen LogP contribution in [-0.4, -0.2) is 24.8 Å². The van der Waals surface area contributed by atoms with Gasteiger partial charge in [0.2, 0.25) is 0 Å². The van der Waals surface area contributed by atoms with Crippen molar-refractivity contribution >= 4 is 34.7 Å². The van der Waals surface area contributed by atoms with Crippen LogP contribution in [0.3, 0.4) is 0 Å². The maximum Gasteiger partial charge on any atom is 0.337 e. The highest BCUT2D eigenvalue weighted by molar-refractivity contribution is 7.12. The number of thiophene rings is 1. The van der Waals surface area contributed by atoms with E-state index in [2.05, 4.69) is 4.99 Å². The van der Waals surface area contributed by atoms with Crippen LogP contribution in [-0.2, 0) is 11.3 Å². The van der Waals surface area contributed by atoms with Gasteiger partial charge in [-0.1, -0.05) is 30.3 Å². The Labute approximate surface area is 160 Å². The standard InChI is InChI=1S/C21H16N2O3S/c1-26-21(25)14-8-10-16(11-9-14)23-13-15-5-2-3-6-17(15)19(23)22-20(24)18-7-4-12-27-18/h2-12H,13H2,1H3. The van der Waals surface area contributed by atoms with Gasteiger partial charge in [-0.3, -0.25) is 4.79 Å². The maximum atomic E-state index is 12.6. The zero-order valence-electron chi connectivity index (χ0n) is 14.6. The summed E-state index contributed by atoms with van der Waals surface area (Å²) in [6, 6.07) is 18.6. The second kappa shape index (κ2) is 7.17. The number of methoxy groups -OCH3 is 1. The van der Waals surface area contributed by atoms with Crippen LogP contribution in [0.25, 0.3) is 0 Å². The highest BCUT2D eigenvalue weighted by atomic mass is 32.1. The normalized spacial score (nSPS) is 14.3. The van der Waals surface area contributed by atoms with Gasteiger partial charge >= 0.3 is 5.97 Å². The number of amides is 1. The summed E-state index contributed by atoms with van der Waals surface area (Å²) in [6.45, 7) is 0.615. The summed E-state index contributed by atoms with van der Waals surface area (Å²) in [6.07, 6.45) is 0.